The molecule has 1 N–H and O–H groups in total. The molecule has 4 rings (SSSR count). The van der Waals surface area contributed by atoms with Gasteiger partial charge in [-0.05, 0) is 54.4 Å². The van der Waals surface area contributed by atoms with Crippen LogP contribution in [0.2, 0.25) is 0 Å². The third-order valence-electron chi connectivity index (χ3n) is 5.04. The first-order valence-electron chi connectivity index (χ1n) is 9.60. The van der Waals surface area contributed by atoms with E-state index in [0.29, 0.717) is 24.4 Å². The molecule has 0 radical (unpaired) electrons. The van der Waals surface area contributed by atoms with Crippen LogP contribution in [0.15, 0.2) is 70.6 Å². The lowest BCUT2D eigenvalue weighted by atomic mass is 9.93. The fourth-order valence-electron chi connectivity index (χ4n) is 3.52. The van der Waals surface area contributed by atoms with Gasteiger partial charge in [0, 0.05) is 29.4 Å². The number of sulfonamides is 1. The molecule has 31 heavy (non-hydrogen) atoms. The van der Waals surface area contributed by atoms with Gasteiger partial charge in [0.25, 0.3) is 10.0 Å². The molecular formula is C23H21FN2O4S. The van der Waals surface area contributed by atoms with Gasteiger partial charge in [-0.1, -0.05) is 12.1 Å². The van der Waals surface area contributed by atoms with E-state index in [0.717, 1.165) is 22.4 Å². The van der Waals surface area contributed by atoms with Gasteiger partial charge in [-0.15, -0.1) is 0 Å². The van der Waals surface area contributed by atoms with E-state index in [-0.39, 0.29) is 16.5 Å². The molecule has 0 bridgehead atoms. The zero-order valence-corrected chi connectivity index (χ0v) is 17.9. The molecule has 1 aliphatic heterocycles. The summed E-state index contributed by atoms with van der Waals surface area (Å²) in [4.78, 5) is 4.57. The topological polar surface area (TPSA) is 77.0 Å². The first kappa shape index (κ1) is 20.9. The van der Waals surface area contributed by atoms with Crippen molar-refractivity contribution in [2.45, 2.75) is 11.3 Å². The number of hydrogen-bond donors (Lipinski definition) is 1. The van der Waals surface area contributed by atoms with Crippen molar-refractivity contribution in [2.24, 2.45) is 4.99 Å². The second kappa shape index (κ2) is 8.39. The van der Waals surface area contributed by atoms with Crippen molar-refractivity contribution in [3.05, 3.63) is 83.2 Å². The summed E-state index contributed by atoms with van der Waals surface area (Å²) in [5, 5.41) is 0. The number of aliphatic imine (C=N–C) groups is 1. The third kappa shape index (κ3) is 4.25. The smallest absolute Gasteiger partial charge is 0.265 e. The van der Waals surface area contributed by atoms with Gasteiger partial charge in [-0.2, -0.15) is 0 Å². The highest BCUT2D eigenvalue weighted by Gasteiger charge is 2.21. The summed E-state index contributed by atoms with van der Waals surface area (Å²) in [6.45, 7) is 0.579. The Bertz CT molecular complexity index is 1260. The molecule has 1 aliphatic rings. The van der Waals surface area contributed by atoms with Crippen LogP contribution >= 0.6 is 0 Å². The highest BCUT2D eigenvalue weighted by atomic mass is 32.2. The number of hydrogen-bond acceptors (Lipinski definition) is 5. The van der Waals surface area contributed by atoms with Crippen LogP contribution in [-0.2, 0) is 16.4 Å². The average molecular weight is 440 g/mol. The molecule has 3 aromatic carbocycles. The number of ether oxygens (including phenoxy) is 2. The molecule has 0 saturated carbocycles. The Balaban J connectivity index is 1.61. The molecule has 0 fully saturated rings. The number of rotatable bonds is 6. The molecule has 0 amide bonds. The Morgan fingerprint density at radius 3 is 2.45 bits per heavy atom. The van der Waals surface area contributed by atoms with Crippen LogP contribution in [0.3, 0.4) is 0 Å². The summed E-state index contributed by atoms with van der Waals surface area (Å²) in [5.41, 5.74) is 3.80. The maximum Gasteiger partial charge on any atom is 0.265 e. The standard InChI is InChI=1S/C23H21FN2O4S/c1-29-19-8-10-21(30-2)22(14-19)31(27,28)26-18-6-3-15(4-7-18)23-20-9-5-17(24)13-16(20)11-12-25-23/h3-10,13-14,26H,11-12H2,1-2H3. The molecule has 6 nitrogen and oxygen atoms in total. The fourth-order valence-corrected chi connectivity index (χ4v) is 4.76. The summed E-state index contributed by atoms with van der Waals surface area (Å²) in [7, 11) is -1.04. The summed E-state index contributed by atoms with van der Waals surface area (Å²) in [5.74, 6) is 0.352. The Morgan fingerprint density at radius 2 is 1.74 bits per heavy atom. The van der Waals surface area contributed by atoms with Crippen LogP contribution in [0.1, 0.15) is 16.7 Å². The van der Waals surface area contributed by atoms with Crippen molar-refractivity contribution in [2.75, 3.05) is 25.5 Å². The number of nitrogens with zero attached hydrogens (tertiary/aromatic N) is 1. The Kier molecular flexibility index (Phi) is 5.65. The second-order valence-corrected chi connectivity index (χ2v) is 8.63. The molecule has 3 aromatic rings. The Morgan fingerprint density at radius 1 is 0.968 bits per heavy atom. The summed E-state index contributed by atoms with van der Waals surface area (Å²) in [6.07, 6.45) is 0.691. The van der Waals surface area contributed by atoms with Crippen molar-refractivity contribution in [1.82, 2.24) is 0 Å². The van der Waals surface area contributed by atoms with Crippen LogP contribution in [0.25, 0.3) is 0 Å². The zero-order chi connectivity index (χ0) is 22.0. The fraction of sp³-hybridized carbons (Fsp3) is 0.174. The third-order valence-corrected chi connectivity index (χ3v) is 6.45. The highest BCUT2D eigenvalue weighted by molar-refractivity contribution is 7.92. The van der Waals surface area contributed by atoms with Gasteiger partial charge in [0.1, 0.15) is 22.2 Å². The largest absolute Gasteiger partial charge is 0.497 e. The average Bonchev–Trinajstić information content (AvgIpc) is 2.78. The summed E-state index contributed by atoms with van der Waals surface area (Å²) < 4.78 is 52.3. The number of anilines is 1. The minimum atomic E-state index is -3.91. The van der Waals surface area contributed by atoms with E-state index >= 15 is 0 Å². The van der Waals surface area contributed by atoms with Crippen molar-refractivity contribution < 1.29 is 22.3 Å². The van der Waals surface area contributed by atoms with E-state index in [4.69, 9.17) is 9.47 Å². The molecular weight excluding hydrogens is 419 g/mol. The lowest BCUT2D eigenvalue weighted by Crippen LogP contribution is -2.16. The number of halogens is 1. The van der Waals surface area contributed by atoms with E-state index < -0.39 is 10.0 Å². The number of fused-ring (bicyclic) bond motifs is 1. The van der Waals surface area contributed by atoms with Crippen LogP contribution in [0.5, 0.6) is 11.5 Å². The van der Waals surface area contributed by atoms with Crippen LogP contribution in [-0.4, -0.2) is 34.9 Å². The molecule has 0 saturated heterocycles. The van der Waals surface area contributed by atoms with Crippen molar-refractivity contribution in [1.29, 1.82) is 0 Å². The van der Waals surface area contributed by atoms with Gasteiger partial charge < -0.3 is 9.47 Å². The van der Waals surface area contributed by atoms with E-state index in [9.17, 15) is 12.8 Å². The Hall–Kier alpha value is -3.39. The molecule has 0 spiro atoms. The van der Waals surface area contributed by atoms with Crippen LogP contribution in [0, 0.1) is 5.82 Å². The van der Waals surface area contributed by atoms with Crippen molar-refractivity contribution in [3.63, 3.8) is 0 Å². The normalized spacial score (nSPS) is 13.2. The number of methoxy groups -OCH3 is 2. The van der Waals surface area contributed by atoms with Gasteiger partial charge >= 0.3 is 0 Å². The van der Waals surface area contributed by atoms with E-state index in [1.165, 1.54) is 38.5 Å². The summed E-state index contributed by atoms with van der Waals surface area (Å²) in [6, 6.07) is 16.2. The predicted octanol–water partition coefficient (Wildman–Crippen LogP) is 4.04. The maximum absolute atomic E-state index is 13.6. The minimum absolute atomic E-state index is 0.0222. The van der Waals surface area contributed by atoms with Gasteiger partial charge in [-0.3, -0.25) is 9.71 Å². The molecule has 0 atom stereocenters. The minimum Gasteiger partial charge on any atom is -0.497 e. The van der Waals surface area contributed by atoms with Gasteiger partial charge in [0.2, 0.25) is 0 Å². The lowest BCUT2D eigenvalue weighted by molar-refractivity contribution is 0.392. The van der Waals surface area contributed by atoms with Crippen LogP contribution in [0.4, 0.5) is 10.1 Å². The molecule has 160 valence electrons. The number of nitrogens with one attached hydrogen (secondary N) is 1. The Labute approximate surface area is 180 Å². The predicted molar refractivity (Wildman–Crippen MR) is 117 cm³/mol. The van der Waals surface area contributed by atoms with E-state index in [1.807, 2.05) is 0 Å². The first-order chi connectivity index (χ1) is 14.9. The van der Waals surface area contributed by atoms with Gasteiger partial charge in [-0.25, -0.2) is 12.8 Å². The van der Waals surface area contributed by atoms with E-state index in [1.54, 1.807) is 36.4 Å². The van der Waals surface area contributed by atoms with Crippen molar-refractivity contribution in [3.8, 4) is 11.5 Å². The first-order valence-corrected chi connectivity index (χ1v) is 11.1. The van der Waals surface area contributed by atoms with Crippen molar-refractivity contribution >= 4 is 21.4 Å². The second-order valence-electron chi connectivity index (χ2n) is 6.98. The molecule has 1 heterocycles. The van der Waals surface area contributed by atoms with Gasteiger partial charge in [0.15, 0.2) is 0 Å². The zero-order valence-electron chi connectivity index (χ0n) is 17.1. The van der Waals surface area contributed by atoms with Gasteiger partial charge in [0.05, 0.1) is 19.9 Å². The lowest BCUT2D eigenvalue weighted by Gasteiger charge is -2.18. The summed E-state index contributed by atoms with van der Waals surface area (Å²) >= 11 is 0. The van der Waals surface area contributed by atoms with Crippen LogP contribution < -0.4 is 14.2 Å². The molecule has 0 unspecified atom stereocenters. The van der Waals surface area contributed by atoms with E-state index in [2.05, 4.69) is 9.71 Å². The quantitative estimate of drug-likeness (QED) is 0.628. The molecule has 0 aliphatic carbocycles. The SMILES string of the molecule is COc1ccc(OC)c(S(=O)(=O)Nc2ccc(C3=NCCc4cc(F)ccc43)cc2)c1. The maximum atomic E-state index is 13.6. The molecule has 8 heteroatoms. The monoisotopic (exact) mass is 440 g/mol. The number of benzene rings is 3. The molecule has 0 aromatic heterocycles. The highest BCUT2D eigenvalue weighted by Crippen LogP contribution is 2.30.